The van der Waals surface area contributed by atoms with Gasteiger partial charge in [-0.1, -0.05) is 15.9 Å². The number of carbonyl (C=O) groups excluding carboxylic acids is 1. The van der Waals surface area contributed by atoms with Crippen molar-refractivity contribution in [3.8, 4) is 0 Å². The quantitative estimate of drug-likeness (QED) is 0.603. The van der Waals surface area contributed by atoms with Crippen molar-refractivity contribution in [3.63, 3.8) is 0 Å². The zero-order valence-electron chi connectivity index (χ0n) is 9.10. The molecule has 0 unspecified atom stereocenters. The van der Waals surface area contributed by atoms with E-state index in [4.69, 9.17) is 0 Å². The predicted octanol–water partition coefficient (Wildman–Crippen LogP) is 3.53. The number of halogens is 2. The number of isocyanates is 1. The van der Waals surface area contributed by atoms with Crippen molar-refractivity contribution in [2.75, 3.05) is 0 Å². The van der Waals surface area contributed by atoms with Gasteiger partial charge in [0.1, 0.15) is 11.4 Å². The number of nitrogens with zero attached hydrogens (tertiary/aromatic N) is 1. The molecule has 0 amide bonds. The van der Waals surface area contributed by atoms with E-state index in [1.54, 1.807) is 19.1 Å². The molecule has 84 valence electrons. The molecular weight excluding hydrogens is 273 g/mol. The normalized spacial score (nSPS) is 16.8. The molecule has 16 heavy (non-hydrogen) atoms. The highest BCUT2D eigenvalue weighted by Gasteiger charge is 2.48. The van der Waals surface area contributed by atoms with Crippen molar-refractivity contribution in [3.05, 3.63) is 33.0 Å². The highest BCUT2D eigenvalue weighted by atomic mass is 79.9. The van der Waals surface area contributed by atoms with Crippen molar-refractivity contribution in [1.29, 1.82) is 0 Å². The first kappa shape index (κ1) is 11.5. The summed E-state index contributed by atoms with van der Waals surface area (Å²) in [7, 11) is 0. The van der Waals surface area contributed by atoms with Gasteiger partial charge in [0.15, 0.2) is 0 Å². The van der Waals surface area contributed by atoms with Crippen molar-refractivity contribution in [1.82, 2.24) is 0 Å². The molecule has 0 spiro atoms. The first-order chi connectivity index (χ1) is 7.52. The summed E-state index contributed by atoms with van der Waals surface area (Å²) < 4.78 is 14.9. The van der Waals surface area contributed by atoms with Gasteiger partial charge in [0, 0.05) is 10.0 Å². The summed E-state index contributed by atoms with van der Waals surface area (Å²) in [5, 5.41) is 0. The van der Waals surface area contributed by atoms with Gasteiger partial charge in [0.2, 0.25) is 6.08 Å². The lowest BCUT2D eigenvalue weighted by molar-refractivity contribution is 0.544. The number of benzene rings is 1. The van der Waals surface area contributed by atoms with Gasteiger partial charge in [0.05, 0.1) is 0 Å². The minimum Gasteiger partial charge on any atom is -0.211 e. The Bertz CT molecular complexity index is 476. The Kier molecular flexibility index (Phi) is 2.72. The zero-order valence-corrected chi connectivity index (χ0v) is 10.7. The topological polar surface area (TPSA) is 29.4 Å². The van der Waals surface area contributed by atoms with Crippen LogP contribution < -0.4 is 0 Å². The molecule has 0 aliphatic heterocycles. The number of aliphatic imine (C=N–C) groups is 1. The second kappa shape index (κ2) is 3.79. The smallest absolute Gasteiger partial charge is 0.211 e. The van der Waals surface area contributed by atoms with Crippen LogP contribution in [-0.2, 0) is 10.3 Å². The number of aryl methyl sites for hydroxylation is 1. The van der Waals surface area contributed by atoms with E-state index in [-0.39, 0.29) is 5.82 Å². The van der Waals surface area contributed by atoms with E-state index in [1.165, 1.54) is 0 Å². The molecular formula is C12H11BrFNO. The first-order valence-electron chi connectivity index (χ1n) is 5.06. The summed E-state index contributed by atoms with van der Waals surface area (Å²) >= 11 is 3.40. The summed E-state index contributed by atoms with van der Waals surface area (Å²) in [6.45, 7) is 3.55. The third kappa shape index (κ3) is 1.62. The van der Waals surface area contributed by atoms with E-state index in [9.17, 15) is 9.18 Å². The molecule has 2 nitrogen and oxygen atoms in total. The van der Waals surface area contributed by atoms with Crippen LogP contribution >= 0.6 is 15.9 Å². The van der Waals surface area contributed by atoms with E-state index in [0.29, 0.717) is 11.1 Å². The first-order valence-corrected chi connectivity index (χ1v) is 5.86. The van der Waals surface area contributed by atoms with Crippen molar-refractivity contribution in [2.24, 2.45) is 4.99 Å². The van der Waals surface area contributed by atoms with Gasteiger partial charge >= 0.3 is 0 Å². The minimum absolute atomic E-state index is 0.253. The molecule has 0 saturated heterocycles. The van der Waals surface area contributed by atoms with Crippen LogP contribution in [0, 0.1) is 19.7 Å². The van der Waals surface area contributed by atoms with Crippen LogP contribution in [0.3, 0.4) is 0 Å². The van der Waals surface area contributed by atoms with Crippen LogP contribution in [0.5, 0.6) is 0 Å². The average Bonchev–Trinajstić information content (AvgIpc) is 2.97. The average molecular weight is 284 g/mol. The largest absolute Gasteiger partial charge is 0.235 e. The molecule has 1 aliphatic rings. The second-order valence-electron chi connectivity index (χ2n) is 4.22. The van der Waals surface area contributed by atoms with E-state index in [2.05, 4.69) is 20.9 Å². The Morgan fingerprint density at radius 3 is 2.62 bits per heavy atom. The molecule has 4 heteroatoms. The third-order valence-electron chi connectivity index (χ3n) is 3.09. The van der Waals surface area contributed by atoms with Crippen molar-refractivity contribution < 1.29 is 9.18 Å². The third-order valence-corrected chi connectivity index (χ3v) is 3.91. The molecule has 1 aliphatic carbocycles. The monoisotopic (exact) mass is 283 g/mol. The Morgan fingerprint density at radius 1 is 1.50 bits per heavy atom. The molecule has 0 N–H and O–H groups in total. The maximum atomic E-state index is 14.1. The van der Waals surface area contributed by atoms with Crippen LogP contribution in [0.25, 0.3) is 0 Å². The molecule has 0 heterocycles. The standard InChI is InChI=1S/C12H11BrFNO/c1-7-5-9(13)8(2)10(11(7)14)12(3-4-12)15-6-16/h5H,3-4H2,1-2H3. The number of rotatable bonds is 2. The SMILES string of the molecule is Cc1cc(Br)c(C)c(C2(N=C=O)CC2)c1F. The minimum atomic E-state index is -0.648. The molecule has 0 radical (unpaired) electrons. The molecule has 1 aromatic carbocycles. The lowest BCUT2D eigenvalue weighted by Crippen LogP contribution is -2.10. The Balaban J connectivity index is 2.69. The second-order valence-corrected chi connectivity index (χ2v) is 5.08. The summed E-state index contributed by atoms with van der Waals surface area (Å²) in [6.07, 6.45) is 2.99. The van der Waals surface area contributed by atoms with Gasteiger partial charge in [-0.25, -0.2) is 9.18 Å². The van der Waals surface area contributed by atoms with Crippen LogP contribution in [0.2, 0.25) is 0 Å². The summed E-state index contributed by atoms with van der Waals surface area (Å²) in [6, 6.07) is 1.74. The van der Waals surface area contributed by atoms with Gasteiger partial charge in [-0.3, -0.25) is 0 Å². The molecule has 0 aromatic heterocycles. The van der Waals surface area contributed by atoms with Crippen molar-refractivity contribution in [2.45, 2.75) is 32.2 Å². The van der Waals surface area contributed by atoms with Crippen LogP contribution in [-0.4, -0.2) is 6.08 Å². The van der Waals surface area contributed by atoms with E-state index < -0.39 is 5.54 Å². The molecule has 1 fully saturated rings. The highest BCUT2D eigenvalue weighted by Crippen LogP contribution is 2.52. The number of hydrogen-bond acceptors (Lipinski definition) is 2. The van der Waals surface area contributed by atoms with E-state index >= 15 is 0 Å². The fourth-order valence-corrected chi connectivity index (χ4v) is 2.56. The molecule has 1 aromatic rings. The van der Waals surface area contributed by atoms with E-state index in [1.807, 2.05) is 6.92 Å². The molecule has 2 rings (SSSR count). The zero-order chi connectivity index (χ0) is 11.9. The van der Waals surface area contributed by atoms with E-state index in [0.717, 1.165) is 22.9 Å². The van der Waals surface area contributed by atoms with Gasteiger partial charge < -0.3 is 0 Å². The van der Waals surface area contributed by atoms with Gasteiger partial charge in [-0.15, -0.1) is 0 Å². The van der Waals surface area contributed by atoms with Gasteiger partial charge in [-0.2, -0.15) is 4.99 Å². The number of hydrogen-bond donors (Lipinski definition) is 0. The van der Waals surface area contributed by atoms with Crippen LogP contribution in [0.1, 0.15) is 29.5 Å². The lowest BCUT2D eigenvalue weighted by atomic mass is 9.96. The van der Waals surface area contributed by atoms with Crippen LogP contribution in [0.4, 0.5) is 4.39 Å². The molecule has 0 bridgehead atoms. The predicted molar refractivity (Wildman–Crippen MR) is 62.6 cm³/mol. The van der Waals surface area contributed by atoms with Gasteiger partial charge in [-0.05, 0) is 43.9 Å². The van der Waals surface area contributed by atoms with Crippen molar-refractivity contribution >= 4 is 22.0 Å². The van der Waals surface area contributed by atoms with Gasteiger partial charge in [0.25, 0.3) is 0 Å². The molecule has 0 atom stereocenters. The summed E-state index contributed by atoms with van der Waals surface area (Å²) in [5.41, 5.74) is 1.28. The Labute approximate surface area is 102 Å². The fraction of sp³-hybridized carbons (Fsp3) is 0.417. The Hall–Kier alpha value is -0.990. The maximum Gasteiger partial charge on any atom is 0.235 e. The summed E-state index contributed by atoms with van der Waals surface area (Å²) in [4.78, 5) is 14.2. The van der Waals surface area contributed by atoms with Crippen LogP contribution in [0.15, 0.2) is 15.5 Å². The maximum absolute atomic E-state index is 14.1. The summed E-state index contributed by atoms with van der Waals surface area (Å²) in [5.74, 6) is -0.253. The highest BCUT2D eigenvalue weighted by molar-refractivity contribution is 9.10. The fourth-order valence-electron chi connectivity index (χ4n) is 2.02. The lowest BCUT2D eigenvalue weighted by Gasteiger charge is -2.16. The Morgan fingerprint density at radius 2 is 2.12 bits per heavy atom. The molecule has 1 saturated carbocycles.